The Morgan fingerprint density at radius 3 is 1.88 bits per heavy atom. The fraction of sp³-hybridized carbons (Fsp3) is 0.514. The molecule has 0 fully saturated rings. The summed E-state index contributed by atoms with van der Waals surface area (Å²) in [7, 11) is 0. The number of hydrogen-bond donors (Lipinski definition) is 0. The van der Waals surface area contributed by atoms with Crippen LogP contribution in [0, 0.1) is 24.7 Å². The maximum Gasteiger partial charge on any atom is 0.175 e. The van der Waals surface area contributed by atoms with Crippen LogP contribution in [0.5, 0.6) is 11.5 Å². The molecule has 5 rings (SSSR count). The second-order valence-corrected chi connectivity index (χ2v) is 15.1. The Kier molecular flexibility index (Phi) is 8.74. The molecule has 5 nitrogen and oxygen atoms in total. The molecule has 0 saturated carbocycles. The fourth-order valence-electron chi connectivity index (χ4n) is 7.34. The van der Waals surface area contributed by atoms with Gasteiger partial charge in [-0.2, -0.15) is 0 Å². The van der Waals surface area contributed by atoms with Gasteiger partial charge in [-0.1, -0.05) is 63.9 Å². The Labute approximate surface area is 265 Å². The summed E-state index contributed by atoms with van der Waals surface area (Å²) in [5.41, 5.74) is 7.88. The number of ether oxygens (including phenoxy) is 2. The highest BCUT2D eigenvalue weighted by Gasteiger charge is 2.49. The van der Waals surface area contributed by atoms with Gasteiger partial charge in [-0.3, -0.25) is 9.59 Å². The van der Waals surface area contributed by atoms with Crippen LogP contribution in [0.4, 0.5) is 0 Å². The maximum atomic E-state index is 14.1. The van der Waals surface area contributed by atoms with Crippen molar-refractivity contribution in [2.75, 3.05) is 13.2 Å². The lowest BCUT2D eigenvalue weighted by Crippen LogP contribution is -2.44. The minimum absolute atomic E-state index is 0.137. The van der Waals surface area contributed by atoms with Crippen molar-refractivity contribution in [2.45, 2.75) is 100 Å². The van der Waals surface area contributed by atoms with Crippen LogP contribution in [0.1, 0.15) is 102 Å². The Morgan fingerprint density at radius 2 is 1.37 bits per heavy atom. The van der Waals surface area contributed by atoms with E-state index in [9.17, 15) is 9.59 Å². The highest BCUT2D eigenvalue weighted by molar-refractivity contribution is 9.10. The Hall–Kier alpha value is -2.86. The normalized spacial score (nSPS) is 19.9. The first kappa shape index (κ1) is 31.6. The molecule has 0 bridgehead atoms. The van der Waals surface area contributed by atoms with E-state index in [2.05, 4.69) is 87.5 Å². The number of benzene rings is 2. The van der Waals surface area contributed by atoms with Gasteiger partial charge in [0.2, 0.25) is 0 Å². The third-order valence-corrected chi connectivity index (χ3v) is 9.39. The predicted molar refractivity (Wildman–Crippen MR) is 175 cm³/mol. The van der Waals surface area contributed by atoms with Crippen molar-refractivity contribution in [3.8, 4) is 11.5 Å². The van der Waals surface area contributed by atoms with Crippen LogP contribution in [0.3, 0.4) is 0 Å². The van der Waals surface area contributed by atoms with Crippen molar-refractivity contribution in [1.29, 1.82) is 0 Å². The van der Waals surface area contributed by atoms with E-state index in [1.807, 2.05) is 19.1 Å². The second kappa shape index (κ2) is 11.9. The van der Waals surface area contributed by atoms with Crippen molar-refractivity contribution >= 4 is 27.5 Å². The van der Waals surface area contributed by atoms with E-state index in [1.165, 1.54) is 11.1 Å². The molecule has 0 amide bonds. The monoisotopic (exact) mass is 647 g/mol. The van der Waals surface area contributed by atoms with E-state index in [0.29, 0.717) is 37.6 Å². The zero-order chi connectivity index (χ0) is 31.3. The molecule has 0 saturated heterocycles. The zero-order valence-electron chi connectivity index (χ0n) is 27.1. The molecule has 43 heavy (non-hydrogen) atoms. The second-order valence-electron chi connectivity index (χ2n) is 14.2. The molecule has 3 aliphatic rings. The summed E-state index contributed by atoms with van der Waals surface area (Å²) < 4.78 is 13.3. The molecule has 1 aliphatic heterocycles. The topological polar surface area (TPSA) is 55.8 Å². The summed E-state index contributed by atoms with van der Waals surface area (Å²) in [5.74, 6) is 1.11. The number of allylic oxidation sites excluding steroid dienone is 4. The molecule has 0 unspecified atom stereocenters. The molecule has 2 aliphatic carbocycles. The van der Waals surface area contributed by atoms with Crippen molar-refractivity contribution in [3.05, 3.63) is 79.6 Å². The number of halogens is 1. The highest BCUT2D eigenvalue weighted by Crippen LogP contribution is 2.55. The summed E-state index contributed by atoms with van der Waals surface area (Å²) in [6, 6.07) is 10.5. The maximum absolute atomic E-state index is 14.1. The Balaban J connectivity index is 1.66. The average molecular weight is 649 g/mol. The van der Waals surface area contributed by atoms with Crippen molar-refractivity contribution < 1.29 is 19.1 Å². The lowest BCUT2D eigenvalue weighted by molar-refractivity contribution is -0.119. The molecule has 2 aromatic carbocycles. The first-order chi connectivity index (χ1) is 20.2. The molecule has 0 N–H and O–H groups in total. The van der Waals surface area contributed by atoms with Gasteiger partial charge < -0.3 is 14.4 Å². The lowest BCUT2D eigenvalue weighted by atomic mass is 9.63. The van der Waals surface area contributed by atoms with Gasteiger partial charge in [0.1, 0.15) is 6.61 Å². The molecule has 0 aromatic heterocycles. The van der Waals surface area contributed by atoms with E-state index in [1.54, 1.807) is 0 Å². The van der Waals surface area contributed by atoms with Gasteiger partial charge in [-0.15, -0.1) is 0 Å². The number of carbonyl (C=O) groups excluding carboxylic acids is 2. The van der Waals surface area contributed by atoms with E-state index in [4.69, 9.17) is 9.47 Å². The number of ketones is 2. The van der Waals surface area contributed by atoms with E-state index in [0.717, 1.165) is 63.9 Å². The number of hydrogen-bond acceptors (Lipinski definition) is 5. The number of nitrogens with zero attached hydrogens (tertiary/aromatic N) is 1. The predicted octanol–water partition coefficient (Wildman–Crippen LogP) is 9.14. The number of aryl methyl sites for hydroxylation is 2. The first-order valence-corrected chi connectivity index (χ1v) is 16.5. The molecule has 230 valence electrons. The van der Waals surface area contributed by atoms with Crippen LogP contribution in [-0.4, -0.2) is 29.6 Å². The van der Waals surface area contributed by atoms with Crippen molar-refractivity contribution in [3.63, 3.8) is 0 Å². The fourth-order valence-corrected chi connectivity index (χ4v) is 7.91. The van der Waals surface area contributed by atoms with Gasteiger partial charge in [0.15, 0.2) is 23.1 Å². The molecule has 0 atom stereocenters. The summed E-state index contributed by atoms with van der Waals surface area (Å²) in [5, 5.41) is 0. The summed E-state index contributed by atoms with van der Waals surface area (Å²) in [6.45, 7) is 18.7. The SMILES string of the molecule is CCCN1C2=C(C(=O)CC(C)(C)C2)C(c2cc(Br)c(OCc3cc(C)cc(C)c3)c(OCC)c2)C2=C1CC(C)(C)CC2=O. The quantitative estimate of drug-likeness (QED) is 0.286. The largest absolute Gasteiger partial charge is 0.490 e. The minimum Gasteiger partial charge on any atom is -0.490 e. The third kappa shape index (κ3) is 6.36. The average Bonchev–Trinajstić information content (AvgIpc) is 2.87. The van der Waals surface area contributed by atoms with E-state index < -0.39 is 5.92 Å². The summed E-state index contributed by atoms with van der Waals surface area (Å²) >= 11 is 3.80. The van der Waals surface area contributed by atoms with Crippen LogP contribution in [0.2, 0.25) is 0 Å². The minimum atomic E-state index is -0.422. The third-order valence-electron chi connectivity index (χ3n) is 8.80. The summed E-state index contributed by atoms with van der Waals surface area (Å²) in [4.78, 5) is 30.5. The van der Waals surface area contributed by atoms with Gasteiger partial charge in [0.25, 0.3) is 0 Å². The standard InChI is InChI=1S/C37H46BrNO4/c1-9-11-39-27-17-36(5,6)19-29(40)33(27)32(34-28(39)18-37(7,8)20-30(34)41)25-15-26(38)35(31(16-25)42-10-2)43-21-24-13-22(3)12-23(4)14-24/h12-16,32H,9-11,17-21H2,1-8H3. The van der Waals surface area contributed by atoms with Gasteiger partial charge in [0, 0.05) is 47.8 Å². The molecule has 1 heterocycles. The van der Waals surface area contributed by atoms with Crippen LogP contribution in [0.15, 0.2) is 57.3 Å². The van der Waals surface area contributed by atoms with E-state index >= 15 is 0 Å². The van der Waals surface area contributed by atoms with Crippen LogP contribution in [0.25, 0.3) is 0 Å². The van der Waals surface area contributed by atoms with Crippen LogP contribution < -0.4 is 9.47 Å². The van der Waals surface area contributed by atoms with Crippen molar-refractivity contribution in [2.24, 2.45) is 10.8 Å². The summed E-state index contributed by atoms with van der Waals surface area (Å²) in [6.07, 6.45) is 3.51. The van der Waals surface area contributed by atoms with Gasteiger partial charge in [0.05, 0.1) is 11.1 Å². The number of Topliss-reactive ketones (excluding diaryl/α,β-unsaturated/α-hetero) is 2. The smallest absolute Gasteiger partial charge is 0.175 e. The zero-order valence-corrected chi connectivity index (χ0v) is 28.7. The van der Waals surface area contributed by atoms with Gasteiger partial charge in [-0.25, -0.2) is 0 Å². The first-order valence-electron chi connectivity index (χ1n) is 15.7. The molecule has 6 heteroatoms. The van der Waals surface area contributed by atoms with Gasteiger partial charge in [-0.05, 0) is 90.1 Å². The van der Waals surface area contributed by atoms with Crippen LogP contribution >= 0.6 is 15.9 Å². The Bertz CT molecular complexity index is 1460. The molecule has 2 aromatic rings. The Morgan fingerprint density at radius 1 is 0.814 bits per heavy atom. The van der Waals surface area contributed by atoms with Crippen LogP contribution in [-0.2, 0) is 16.2 Å². The molecule has 0 spiro atoms. The lowest BCUT2D eigenvalue weighted by Gasteiger charge is -2.49. The van der Waals surface area contributed by atoms with Crippen molar-refractivity contribution in [1.82, 2.24) is 4.90 Å². The number of rotatable bonds is 8. The molecule has 0 radical (unpaired) electrons. The molecular weight excluding hydrogens is 602 g/mol. The molecular formula is C37H46BrNO4. The highest BCUT2D eigenvalue weighted by atomic mass is 79.9. The van der Waals surface area contributed by atoms with Gasteiger partial charge >= 0.3 is 0 Å². The van der Waals surface area contributed by atoms with E-state index in [-0.39, 0.29) is 22.4 Å². The number of carbonyl (C=O) groups is 2.